The average molecular weight is 332 g/mol. The summed E-state index contributed by atoms with van der Waals surface area (Å²) in [5.41, 5.74) is 12.9. The van der Waals surface area contributed by atoms with Gasteiger partial charge in [-0.1, -0.05) is 35.5 Å². The SMILES string of the molecule is Cc1noc(C)c1-c1cc(N)c2nc(C)n(Cc3ccccc3)c2c1. The van der Waals surface area contributed by atoms with E-state index in [0.717, 1.165) is 46.0 Å². The number of hydrogen-bond donors (Lipinski definition) is 1. The molecule has 0 unspecified atom stereocenters. The number of aromatic nitrogens is 3. The highest BCUT2D eigenvalue weighted by Gasteiger charge is 2.17. The lowest BCUT2D eigenvalue weighted by molar-refractivity contribution is 0.393. The molecule has 4 rings (SSSR count). The molecule has 0 bridgehead atoms. The first kappa shape index (κ1) is 15.4. The summed E-state index contributed by atoms with van der Waals surface area (Å²) in [6.07, 6.45) is 0. The summed E-state index contributed by atoms with van der Waals surface area (Å²) >= 11 is 0. The van der Waals surface area contributed by atoms with Crippen molar-refractivity contribution in [1.82, 2.24) is 14.7 Å². The van der Waals surface area contributed by atoms with Crippen LogP contribution in [0.2, 0.25) is 0 Å². The zero-order valence-corrected chi connectivity index (χ0v) is 14.6. The Morgan fingerprint density at radius 1 is 1.08 bits per heavy atom. The predicted molar refractivity (Wildman–Crippen MR) is 99.4 cm³/mol. The van der Waals surface area contributed by atoms with Crippen LogP contribution in [0.25, 0.3) is 22.2 Å². The van der Waals surface area contributed by atoms with Crippen LogP contribution in [-0.2, 0) is 6.54 Å². The molecule has 2 aromatic heterocycles. The molecule has 2 N–H and O–H groups in total. The van der Waals surface area contributed by atoms with Crippen molar-refractivity contribution in [1.29, 1.82) is 0 Å². The number of rotatable bonds is 3. The molecular formula is C20H20N4O. The molecule has 4 aromatic rings. The normalized spacial score (nSPS) is 11.3. The smallest absolute Gasteiger partial charge is 0.141 e. The van der Waals surface area contributed by atoms with Crippen molar-refractivity contribution < 1.29 is 4.52 Å². The van der Waals surface area contributed by atoms with Gasteiger partial charge in [-0.25, -0.2) is 4.98 Å². The molecule has 0 aliphatic carbocycles. The molecule has 5 heteroatoms. The van der Waals surface area contributed by atoms with E-state index >= 15 is 0 Å². The Labute approximate surface area is 146 Å². The number of benzene rings is 2. The monoisotopic (exact) mass is 332 g/mol. The highest BCUT2D eigenvalue weighted by molar-refractivity contribution is 5.93. The zero-order chi connectivity index (χ0) is 17.6. The zero-order valence-electron chi connectivity index (χ0n) is 14.6. The van der Waals surface area contributed by atoms with Crippen LogP contribution in [0, 0.1) is 20.8 Å². The van der Waals surface area contributed by atoms with Crippen LogP contribution < -0.4 is 5.73 Å². The van der Waals surface area contributed by atoms with Crippen LogP contribution in [-0.4, -0.2) is 14.7 Å². The number of hydrogen-bond acceptors (Lipinski definition) is 4. The van der Waals surface area contributed by atoms with E-state index in [2.05, 4.69) is 32.9 Å². The molecular weight excluding hydrogens is 312 g/mol. The number of anilines is 1. The van der Waals surface area contributed by atoms with E-state index in [1.807, 2.05) is 45.0 Å². The van der Waals surface area contributed by atoms with E-state index in [-0.39, 0.29) is 0 Å². The molecule has 0 fully saturated rings. The lowest BCUT2D eigenvalue weighted by Crippen LogP contribution is -2.02. The number of fused-ring (bicyclic) bond motifs is 1. The standard InChI is InChI=1S/C20H20N4O/c1-12-19(13(2)25-23-12)16-9-17(21)20-18(10-16)24(14(3)22-20)11-15-7-5-4-6-8-15/h4-10H,11,21H2,1-3H3. The van der Waals surface area contributed by atoms with Crippen LogP contribution in [0.5, 0.6) is 0 Å². The molecule has 25 heavy (non-hydrogen) atoms. The summed E-state index contributed by atoms with van der Waals surface area (Å²) in [4.78, 5) is 4.67. The van der Waals surface area contributed by atoms with Crippen molar-refractivity contribution in [3.8, 4) is 11.1 Å². The second-order valence-electron chi connectivity index (χ2n) is 6.36. The second-order valence-corrected chi connectivity index (χ2v) is 6.36. The Kier molecular flexibility index (Phi) is 3.57. The Hall–Kier alpha value is -3.08. The molecule has 126 valence electrons. The maximum absolute atomic E-state index is 6.31. The molecule has 0 aliphatic rings. The fourth-order valence-electron chi connectivity index (χ4n) is 3.37. The second kappa shape index (κ2) is 5.77. The largest absolute Gasteiger partial charge is 0.397 e. The van der Waals surface area contributed by atoms with Crippen LogP contribution in [0.3, 0.4) is 0 Å². The van der Waals surface area contributed by atoms with Crippen molar-refractivity contribution in [2.45, 2.75) is 27.3 Å². The number of aryl methyl sites for hydroxylation is 3. The minimum Gasteiger partial charge on any atom is -0.397 e. The topological polar surface area (TPSA) is 69.9 Å². The first-order valence-corrected chi connectivity index (χ1v) is 8.28. The van der Waals surface area contributed by atoms with Crippen molar-refractivity contribution in [3.63, 3.8) is 0 Å². The number of imidazole rings is 1. The summed E-state index contributed by atoms with van der Waals surface area (Å²) in [5.74, 6) is 1.74. The minimum absolute atomic E-state index is 0.669. The molecule has 2 heterocycles. The van der Waals surface area contributed by atoms with Gasteiger partial charge in [-0.15, -0.1) is 0 Å². The van der Waals surface area contributed by atoms with Crippen LogP contribution >= 0.6 is 0 Å². The van der Waals surface area contributed by atoms with Gasteiger partial charge in [-0.3, -0.25) is 0 Å². The molecule has 0 atom stereocenters. The Morgan fingerprint density at radius 3 is 2.52 bits per heavy atom. The van der Waals surface area contributed by atoms with Crippen LogP contribution in [0.15, 0.2) is 47.0 Å². The Balaban J connectivity index is 1.91. The van der Waals surface area contributed by atoms with Gasteiger partial charge in [0.15, 0.2) is 0 Å². The fraction of sp³-hybridized carbons (Fsp3) is 0.200. The first-order chi connectivity index (χ1) is 12.0. The molecule has 0 amide bonds. The molecule has 2 aromatic carbocycles. The van der Waals surface area contributed by atoms with Gasteiger partial charge in [-0.05, 0) is 44.0 Å². The summed E-state index contributed by atoms with van der Waals surface area (Å²) in [6, 6.07) is 14.4. The molecule has 0 saturated heterocycles. The fourth-order valence-corrected chi connectivity index (χ4v) is 3.37. The highest BCUT2D eigenvalue weighted by atomic mass is 16.5. The number of nitrogens with two attached hydrogens (primary N) is 1. The van der Waals surface area contributed by atoms with Crippen molar-refractivity contribution in [2.24, 2.45) is 0 Å². The van der Waals surface area contributed by atoms with Gasteiger partial charge in [0.1, 0.15) is 17.1 Å². The van der Waals surface area contributed by atoms with E-state index in [1.165, 1.54) is 5.56 Å². The lowest BCUT2D eigenvalue weighted by atomic mass is 10.0. The summed E-state index contributed by atoms with van der Waals surface area (Å²) in [7, 11) is 0. The van der Waals surface area contributed by atoms with E-state index in [0.29, 0.717) is 5.69 Å². The Morgan fingerprint density at radius 2 is 1.84 bits per heavy atom. The maximum Gasteiger partial charge on any atom is 0.141 e. The minimum atomic E-state index is 0.669. The quantitative estimate of drug-likeness (QED) is 0.569. The third-order valence-corrected chi connectivity index (χ3v) is 4.58. The van der Waals surface area contributed by atoms with Crippen molar-refractivity contribution in [3.05, 3.63) is 65.3 Å². The molecule has 0 saturated carbocycles. The molecule has 0 spiro atoms. The number of nitrogens with zero attached hydrogens (tertiary/aromatic N) is 3. The predicted octanol–water partition coefficient (Wildman–Crippen LogP) is 4.25. The van der Waals surface area contributed by atoms with Gasteiger partial charge in [0.25, 0.3) is 0 Å². The van der Waals surface area contributed by atoms with E-state index in [4.69, 9.17) is 10.3 Å². The molecule has 5 nitrogen and oxygen atoms in total. The summed E-state index contributed by atoms with van der Waals surface area (Å²) < 4.78 is 7.52. The van der Waals surface area contributed by atoms with Gasteiger partial charge in [0.05, 0.1) is 16.9 Å². The third-order valence-electron chi connectivity index (χ3n) is 4.58. The van der Waals surface area contributed by atoms with Crippen molar-refractivity contribution >= 4 is 16.7 Å². The van der Waals surface area contributed by atoms with Gasteiger partial charge in [-0.2, -0.15) is 0 Å². The van der Waals surface area contributed by atoms with Gasteiger partial charge < -0.3 is 14.8 Å². The van der Waals surface area contributed by atoms with Crippen LogP contribution in [0.1, 0.15) is 22.8 Å². The van der Waals surface area contributed by atoms with E-state index in [9.17, 15) is 0 Å². The number of nitrogen functional groups attached to an aromatic ring is 1. The lowest BCUT2D eigenvalue weighted by Gasteiger charge is -2.09. The molecule has 0 radical (unpaired) electrons. The van der Waals surface area contributed by atoms with Gasteiger partial charge >= 0.3 is 0 Å². The van der Waals surface area contributed by atoms with Crippen LogP contribution in [0.4, 0.5) is 5.69 Å². The van der Waals surface area contributed by atoms with E-state index < -0.39 is 0 Å². The third kappa shape index (κ3) is 2.58. The van der Waals surface area contributed by atoms with Crippen molar-refractivity contribution in [2.75, 3.05) is 5.73 Å². The average Bonchev–Trinajstić information content (AvgIpc) is 3.09. The highest BCUT2D eigenvalue weighted by Crippen LogP contribution is 2.33. The summed E-state index contributed by atoms with van der Waals surface area (Å²) in [6.45, 7) is 6.63. The molecule has 0 aliphatic heterocycles. The summed E-state index contributed by atoms with van der Waals surface area (Å²) in [5, 5.41) is 4.06. The maximum atomic E-state index is 6.31. The van der Waals surface area contributed by atoms with Gasteiger partial charge in [0, 0.05) is 12.1 Å². The first-order valence-electron chi connectivity index (χ1n) is 8.28. The van der Waals surface area contributed by atoms with Gasteiger partial charge in [0.2, 0.25) is 0 Å². The Bertz CT molecular complexity index is 1040. The van der Waals surface area contributed by atoms with E-state index in [1.54, 1.807) is 0 Å².